The number of rotatable bonds is 2. The van der Waals surface area contributed by atoms with E-state index >= 15 is 0 Å². The molecule has 0 amide bonds. The van der Waals surface area contributed by atoms with Gasteiger partial charge < -0.3 is 5.73 Å². The predicted octanol–water partition coefficient (Wildman–Crippen LogP) is 3.51. The second kappa shape index (κ2) is 4.37. The van der Waals surface area contributed by atoms with Gasteiger partial charge in [-0.05, 0) is 32.0 Å². The standard InChI is InChI=1S/C12H13ClFN3/c1-7(2)17-4-3-11(16-17)9-5-8(14)6-10(15)12(9)13/h3-7H,15H2,1-2H3. The maximum atomic E-state index is 13.3. The van der Waals surface area contributed by atoms with E-state index in [1.165, 1.54) is 12.1 Å². The maximum Gasteiger partial charge on any atom is 0.126 e. The minimum Gasteiger partial charge on any atom is -0.397 e. The van der Waals surface area contributed by atoms with Crippen LogP contribution in [0.2, 0.25) is 5.02 Å². The Labute approximate surface area is 104 Å². The molecule has 0 aliphatic rings. The largest absolute Gasteiger partial charge is 0.397 e. The Morgan fingerprint density at radius 2 is 2.12 bits per heavy atom. The van der Waals surface area contributed by atoms with Crippen molar-refractivity contribution in [2.24, 2.45) is 0 Å². The van der Waals surface area contributed by atoms with Crippen LogP contribution in [0.4, 0.5) is 10.1 Å². The molecule has 0 saturated heterocycles. The van der Waals surface area contributed by atoms with Gasteiger partial charge in [0.15, 0.2) is 0 Å². The monoisotopic (exact) mass is 253 g/mol. The Hall–Kier alpha value is -1.55. The molecule has 0 bridgehead atoms. The van der Waals surface area contributed by atoms with E-state index in [1.807, 2.05) is 20.0 Å². The van der Waals surface area contributed by atoms with Crippen molar-refractivity contribution in [1.82, 2.24) is 9.78 Å². The zero-order chi connectivity index (χ0) is 12.6. The van der Waals surface area contributed by atoms with Crippen LogP contribution in [0, 0.1) is 5.82 Å². The average molecular weight is 254 g/mol. The van der Waals surface area contributed by atoms with E-state index in [0.717, 1.165) is 0 Å². The highest BCUT2D eigenvalue weighted by Gasteiger charge is 2.12. The Morgan fingerprint density at radius 3 is 2.71 bits per heavy atom. The molecule has 0 unspecified atom stereocenters. The maximum absolute atomic E-state index is 13.3. The van der Waals surface area contributed by atoms with E-state index in [0.29, 0.717) is 16.3 Å². The van der Waals surface area contributed by atoms with Gasteiger partial charge in [0.1, 0.15) is 5.82 Å². The van der Waals surface area contributed by atoms with E-state index in [4.69, 9.17) is 17.3 Å². The molecule has 0 spiro atoms. The Kier molecular flexibility index (Phi) is 3.07. The molecule has 17 heavy (non-hydrogen) atoms. The second-order valence-electron chi connectivity index (χ2n) is 4.13. The van der Waals surface area contributed by atoms with Gasteiger partial charge in [0, 0.05) is 17.8 Å². The van der Waals surface area contributed by atoms with Crippen molar-refractivity contribution in [3.05, 3.63) is 35.2 Å². The minimum absolute atomic E-state index is 0.223. The van der Waals surface area contributed by atoms with E-state index in [-0.39, 0.29) is 11.7 Å². The van der Waals surface area contributed by atoms with Gasteiger partial charge >= 0.3 is 0 Å². The number of nitrogen functional groups attached to an aromatic ring is 1. The first-order chi connectivity index (χ1) is 7.99. The van der Waals surface area contributed by atoms with Crippen molar-refractivity contribution in [2.45, 2.75) is 19.9 Å². The number of aromatic nitrogens is 2. The fourth-order valence-electron chi connectivity index (χ4n) is 1.57. The summed E-state index contributed by atoms with van der Waals surface area (Å²) in [4.78, 5) is 0. The third-order valence-electron chi connectivity index (χ3n) is 2.48. The van der Waals surface area contributed by atoms with Gasteiger partial charge in [0.25, 0.3) is 0 Å². The van der Waals surface area contributed by atoms with Crippen LogP contribution in [-0.4, -0.2) is 9.78 Å². The molecule has 90 valence electrons. The van der Waals surface area contributed by atoms with Gasteiger partial charge in [-0.2, -0.15) is 5.10 Å². The first-order valence-corrected chi connectivity index (χ1v) is 5.67. The normalized spacial score (nSPS) is 11.1. The first-order valence-electron chi connectivity index (χ1n) is 5.29. The molecule has 1 aromatic carbocycles. The fraction of sp³-hybridized carbons (Fsp3) is 0.250. The lowest BCUT2D eigenvalue weighted by Crippen LogP contribution is -2.01. The van der Waals surface area contributed by atoms with Crippen molar-refractivity contribution in [1.29, 1.82) is 0 Å². The van der Waals surface area contributed by atoms with Gasteiger partial charge in [0.05, 0.1) is 16.4 Å². The molecular weight excluding hydrogens is 241 g/mol. The molecular formula is C12H13ClFN3. The van der Waals surface area contributed by atoms with Crippen LogP contribution < -0.4 is 5.73 Å². The summed E-state index contributed by atoms with van der Waals surface area (Å²) in [6.07, 6.45) is 1.83. The van der Waals surface area contributed by atoms with Crippen LogP contribution >= 0.6 is 11.6 Å². The summed E-state index contributed by atoms with van der Waals surface area (Å²) < 4.78 is 15.1. The second-order valence-corrected chi connectivity index (χ2v) is 4.51. The van der Waals surface area contributed by atoms with Crippen LogP contribution in [0.25, 0.3) is 11.3 Å². The summed E-state index contributed by atoms with van der Waals surface area (Å²) in [5, 5.41) is 4.67. The van der Waals surface area contributed by atoms with Crippen LogP contribution in [0.5, 0.6) is 0 Å². The number of halogens is 2. The Balaban J connectivity index is 2.52. The average Bonchev–Trinajstić information content (AvgIpc) is 2.72. The fourth-order valence-corrected chi connectivity index (χ4v) is 1.77. The Bertz CT molecular complexity index is 549. The zero-order valence-corrected chi connectivity index (χ0v) is 10.4. The highest BCUT2D eigenvalue weighted by Crippen LogP contribution is 2.32. The van der Waals surface area contributed by atoms with Gasteiger partial charge in [-0.1, -0.05) is 11.6 Å². The van der Waals surface area contributed by atoms with E-state index in [1.54, 1.807) is 10.7 Å². The summed E-state index contributed by atoms with van der Waals surface area (Å²) in [6.45, 7) is 4.02. The first kappa shape index (κ1) is 11.9. The number of anilines is 1. The van der Waals surface area contributed by atoms with Crippen molar-refractivity contribution >= 4 is 17.3 Å². The topological polar surface area (TPSA) is 43.8 Å². The van der Waals surface area contributed by atoms with E-state index in [2.05, 4.69) is 5.10 Å². The van der Waals surface area contributed by atoms with Gasteiger partial charge in [-0.3, -0.25) is 4.68 Å². The van der Waals surface area contributed by atoms with Crippen molar-refractivity contribution in [3.63, 3.8) is 0 Å². The lowest BCUT2D eigenvalue weighted by atomic mass is 10.1. The van der Waals surface area contributed by atoms with Crippen LogP contribution in [0.1, 0.15) is 19.9 Å². The molecule has 0 aliphatic heterocycles. The minimum atomic E-state index is -0.416. The van der Waals surface area contributed by atoms with E-state index < -0.39 is 5.82 Å². The number of nitrogens with zero attached hydrogens (tertiary/aromatic N) is 2. The molecule has 0 aliphatic carbocycles. The smallest absolute Gasteiger partial charge is 0.126 e. The third kappa shape index (κ3) is 2.26. The van der Waals surface area contributed by atoms with Crippen LogP contribution in [0.3, 0.4) is 0 Å². The Morgan fingerprint density at radius 1 is 1.41 bits per heavy atom. The number of benzene rings is 1. The molecule has 2 N–H and O–H groups in total. The number of hydrogen-bond donors (Lipinski definition) is 1. The molecule has 0 atom stereocenters. The quantitative estimate of drug-likeness (QED) is 0.833. The van der Waals surface area contributed by atoms with Gasteiger partial charge in [0.2, 0.25) is 0 Å². The molecule has 0 saturated carbocycles. The molecule has 2 aromatic rings. The summed E-state index contributed by atoms with van der Waals surface area (Å²) in [5.74, 6) is -0.416. The molecule has 0 radical (unpaired) electrons. The molecule has 2 rings (SSSR count). The summed E-state index contributed by atoms with van der Waals surface area (Å²) >= 11 is 6.05. The summed E-state index contributed by atoms with van der Waals surface area (Å²) in [7, 11) is 0. The number of hydrogen-bond acceptors (Lipinski definition) is 2. The van der Waals surface area contributed by atoms with E-state index in [9.17, 15) is 4.39 Å². The van der Waals surface area contributed by atoms with Crippen molar-refractivity contribution in [2.75, 3.05) is 5.73 Å². The predicted molar refractivity (Wildman–Crippen MR) is 67.4 cm³/mol. The third-order valence-corrected chi connectivity index (χ3v) is 2.90. The zero-order valence-electron chi connectivity index (χ0n) is 9.61. The molecule has 1 heterocycles. The molecule has 5 heteroatoms. The van der Waals surface area contributed by atoms with Crippen LogP contribution in [0.15, 0.2) is 24.4 Å². The lowest BCUT2D eigenvalue weighted by molar-refractivity contribution is 0.534. The summed E-state index contributed by atoms with van der Waals surface area (Å²) in [6, 6.07) is 4.57. The molecule has 3 nitrogen and oxygen atoms in total. The number of nitrogens with two attached hydrogens (primary N) is 1. The molecule has 1 aromatic heterocycles. The van der Waals surface area contributed by atoms with Crippen molar-refractivity contribution in [3.8, 4) is 11.3 Å². The van der Waals surface area contributed by atoms with Crippen LogP contribution in [-0.2, 0) is 0 Å². The lowest BCUT2D eigenvalue weighted by Gasteiger charge is -2.06. The van der Waals surface area contributed by atoms with Gasteiger partial charge in [-0.15, -0.1) is 0 Å². The van der Waals surface area contributed by atoms with Gasteiger partial charge in [-0.25, -0.2) is 4.39 Å². The molecule has 0 fully saturated rings. The summed E-state index contributed by atoms with van der Waals surface area (Å²) in [5.41, 5.74) is 6.98. The van der Waals surface area contributed by atoms with Crippen molar-refractivity contribution < 1.29 is 4.39 Å². The highest BCUT2D eigenvalue weighted by molar-refractivity contribution is 6.35. The highest BCUT2D eigenvalue weighted by atomic mass is 35.5. The SMILES string of the molecule is CC(C)n1ccc(-c2cc(F)cc(N)c2Cl)n1.